The molecule has 0 N–H and O–H groups in total. The molecule has 0 atom stereocenters. The first-order valence-electron chi connectivity index (χ1n) is 15.0. The Labute approximate surface area is 237 Å². The number of halogens is 1. The van der Waals surface area contributed by atoms with Crippen molar-refractivity contribution in [3.8, 4) is 0 Å². The zero-order valence-electron chi connectivity index (χ0n) is 22.9. The smallest absolute Gasteiger partial charge is 0.153 e. The highest BCUT2D eigenvalue weighted by atomic mass is 79.9. The van der Waals surface area contributed by atoms with Crippen LogP contribution in [0.5, 0.6) is 0 Å². The maximum atomic E-state index is 12.3. The third-order valence-electron chi connectivity index (χ3n) is 10.0. The Kier molecular flexibility index (Phi) is 7.77. The lowest BCUT2D eigenvalue weighted by atomic mass is 9.69. The fourth-order valence-corrected chi connectivity index (χ4v) is 8.52. The second kappa shape index (κ2) is 11.3. The number of hydrogen-bond acceptors (Lipinski definition) is 3. The van der Waals surface area contributed by atoms with Gasteiger partial charge in [-0.25, -0.2) is 0 Å². The summed E-state index contributed by atoms with van der Waals surface area (Å²) in [6.07, 6.45) is 16.6. The van der Waals surface area contributed by atoms with Crippen molar-refractivity contribution in [1.82, 2.24) is 4.90 Å². The third-order valence-corrected chi connectivity index (χ3v) is 10.7. The molecule has 0 amide bonds. The van der Waals surface area contributed by atoms with Gasteiger partial charge in [-0.05, 0) is 109 Å². The van der Waals surface area contributed by atoms with E-state index in [2.05, 4.69) is 50.0 Å². The average molecular weight is 577 g/mol. The number of piperidine rings is 1. The first-order valence-corrected chi connectivity index (χ1v) is 15.8. The molecule has 38 heavy (non-hydrogen) atoms. The molecule has 2 aromatic carbocycles. The number of carbonyl (C=O) groups is 1. The minimum absolute atomic E-state index is 0.0489. The number of amidine groups is 1. The number of benzene rings is 2. The SMILES string of the molecule is CN=C1N(c2cccc(Br)c2C=O)c2cc(C3CCN(CC4CCCCC4)CC3)ccc2C12CCCCC2. The van der Waals surface area contributed by atoms with E-state index in [0.29, 0.717) is 11.5 Å². The van der Waals surface area contributed by atoms with Gasteiger partial charge in [0.05, 0.1) is 22.4 Å². The summed E-state index contributed by atoms with van der Waals surface area (Å²) in [6, 6.07) is 13.4. The van der Waals surface area contributed by atoms with Gasteiger partial charge < -0.3 is 4.90 Å². The van der Waals surface area contributed by atoms with Gasteiger partial charge in [0.25, 0.3) is 0 Å². The maximum Gasteiger partial charge on any atom is 0.153 e. The molecule has 2 saturated carbocycles. The van der Waals surface area contributed by atoms with E-state index >= 15 is 0 Å². The molecule has 0 bridgehead atoms. The lowest BCUT2D eigenvalue weighted by Gasteiger charge is -2.36. The van der Waals surface area contributed by atoms with E-state index in [-0.39, 0.29) is 5.41 Å². The normalized spacial score (nSPS) is 23.7. The molecule has 1 spiro atoms. The fraction of sp³-hybridized carbons (Fsp3) is 0.576. The Morgan fingerprint density at radius 3 is 2.39 bits per heavy atom. The lowest BCUT2D eigenvalue weighted by molar-refractivity contribution is 0.112. The van der Waals surface area contributed by atoms with Crippen LogP contribution in [0.25, 0.3) is 0 Å². The van der Waals surface area contributed by atoms with E-state index in [9.17, 15) is 4.79 Å². The highest BCUT2D eigenvalue weighted by molar-refractivity contribution is 9.10. The van der Waals surface area contributed by atoms with Crippen LogP contribution >= 0.6 is 15.9 Å². The largest absolute Gasteiger partial charge is 0.303 e. The minimum atomic E-state index is -0.0489. The van der Waals surface area contributed by atoms with Gasteiger partial charge in [-0.3, -0.25) is 14.7 Å². The van der Waals surface area contributed by atoms with Gasteiger partial charge >= 0.3 is 0 Å². The van der Waals surface area contributed by atoms with Crippen molar-refractivity contribution in [2.24, 2.45) is 10.9 Å². The molecular weight excluding hydrogens is 534 g/mol. The summed E-state index contributed by atoms with van der Waals surface area (Å²) in [5, 5.41) is 0. The summed E-state index contributed by atoms with van der Waals surface area (Å²) in [7, 11) is 1.94. The molecule has 6 rings (SSSR count). The molecule has 2 aromatic rings. The molecule has 3 fully saturated rings. The van der Waals surface area contributed by atoms with E-state index in [1.54, 1.807) is 0 Å². The number of fused-ring (bicyclic) bond motifs is 2. The molecular formula is C33H42BrN3O. The maximum absolute atomic E-state index is 12.3. The third kappa shape index (κ3) is 4.68. The Morgan fingerprint density at radius 1 is 0.947 bits per heavy atom. The van der Waals surface area contributed by atoms with Gasteiger partial charge in [-0.15, -0.1) is 0 Å². The molecule has 4 aliphatic rings. The summed E-state index contributed by atoms with van der Waals surface area (Å²) in [6.45, 7) is 3.74. The van der Waals surface area contributed by atoms with Gasteiger partial charge in [-0.2, -0.15) is 0 Å². The van der Waals surface area contributed by atoms with E-state index in [1.165, 1.54) is 101 Å². The number of nitrogens with zero attached hydrogens (tertiary/aromatic N) is 3. The quantitative estimate of drug-likeness (QED) is 0.336. The van der Waals surface area contributed by atoms with Crippen LogP contribution in [0.3, 0.4) is 0 Å². The van der Waals surface area contributed by atoms with Crippen LogP contribution in [-0.2, 0) is 5.41 Å². The zero-order chi connectivity index (χ0) is 26.1. The van der Waals surface area contributed by atoms with Crippen LogP contribution < -0.4 is 4.90 Å². The molecule has 2 heterocycles. The topological polar surface area (TPSA) is 35.9 Å². The van der Waals surface area contributed by atoms with Gasteiger partial charge in [0.2, 0.25) is 0 Å². The minimum Gasteiger partial charge on any atom is -0.303 e. The molecule has 4 nitrogen and oxygen atoms in total. The van der Waals surface area contributed by atoms with Crippen LogP contribution in [0.1, 0.15) is 104 Å². The Bertz CT molecular complexity index is 1190. The monoisotopic (exact) mass is 575 g/mol. The fourth-order valence-electron chi connectivity index (χ4n) is 8.07. The molecule has 0 unspecified atom stereocenters. The molecule has 0 aromatic heterocycles. The van der Waals surface area contributed by atoms with Crippen LogP contribution in [0.15, 0.2) is 45.9 Å². The van der Waals surface area contributed by atoms with Crippen molar-refractivity contribution in [2.45, 2.75) is 88.4 Å². The number of rotatable bonds is 5. The van der Waals surface area contributed by atoms with Crippen LogP contribution in [-0.4, -0.2) is 43.7 Å². The number of carbonyl (C=O) groups excluding carboxylic acids is 1. The highest BCUT2D eigenvalue weighted by Gasteiger charge is 2.50. The summed E-state index contributed by atoms with van der Waals surface area (Å²) >= 11 is 3.64. The molecule has 2 aliphatic carbocycles. The van der Waals surface area contributed by atoms with E-state index < -0.39 is 0 Å². The van der Waals surface area contributed by atoms with Crippen molar-refractivity contribution in [1.29, 1.82) is 0 Å². The molecule has 1 saturated heterocycles. The Balaban J connectivity index is 1.32. The zero-order valence-corrected chi connectivity index (χ0v) is 24.5. The first-order chi connectivity index (χ1) is 18.6. The number of hydrogen-bond donors (Lipinski definition) is 0. The molecule has 0 radical (unpaired) electrons. The number of likely N-dealkylation sites (tertiary alicyclic amines) is 1. The van der Waals surface area contributed by atoms with E-state index in [1.807, 2.05) is 19.2 Å². The van der Waals surface area contributed by atoms with Crippen LogP contribution in [0, 0.1) is 5.92 Å². The van der Waals surface area contributed by atoms with Gasteiger partial charge in [0.1, 0.15) is 5.84 Å². The van der Waals surface area contributed by atoms with Crippen LogP contribution in [0.4, 0.5) is 11.4 Å². The summed E-state index contributed by atoms with van der Waals surface area (Å²) in [5.74, 6) is 2.64. The summed E-state index contributed by atoms with van der Waals surface area (Å²) in [5.41, 5.74) is 5.71. The van der Waals surface area contributed by atoms with Crippen molar-refractivity contribution in [3.05, 3.63) is 57.6 Å². The highest BCUT2D eigenvalue weighted by Crippen LogP contribution is 2.54. The van der Waals surface area contributed by atoms with Crippen molar-refractivity contribution < 1.29 is 4.79 Å². The van der Waals surface area contributed by atoms with Gasteiger partial charge in [0.15, 0.2) is 6.29 Å². The molecule has 2 aliphatic heterocycles. The predicted molar refractivity (Wildman–Crippen MR) is 161 cm³/mol. The first kappa shape index (κ1) is 26.3. The number of aldehydes is 1. The average Bonchev–Trinajstić information content (AvgIpc) is 3.22. The molecule has 202 valence electrons. The lowest BCUT2D eigenvalue weighted by Crippen LogP contribution is -2.40. The van der Waals surface area contributed by atoms with E-state index in [4.69, 9.17) is 4.99 Å². The Morgan fingerprint density at radius 2 is 1.68 bits per heavy atom. The second-order valence-corrected chi connectivity index (χ2v) is 13.0. The number of aliphatic imine (C=N–C) groups is 1. The molecule has 5 heteroatoms. The summed E-state index contributed by atoms with van der Waals surface area (Å²) < 4.78 is 0.841. The standard InChI is InChI=1S/C33H42BrN3O/c1-35-32-33(17-6-3-7-18-33)28-14-13-26(21-31(28)37(32)30-12-8-11-29(34)27(30)23-38)25-15-19-36(20-16-25)22-24-9-4-2-5-10-24/h8,11-14,21,23-25H,2-7,9-10,15-20,22H2,1H3. The summed E-state index contributed by atoms with van der Waals surface area (Å²) in [4.78, 5) is 22.3. The number of anilines is 2. The van der Waals surface area contributed by atoms with Crippen LogP contribution in [0.2, 0.25) is 0 Å². The Hall–Kier alpha value is -1.98. The van der Waals surface area contributed by atoms with Gasteiger partial charge in [0, 0.05) is 18.1 Å². The van der Waals surface area contributed by atoms with Gasteiger partial charge in [-0.1, -0.05) is 56.7 Å². The van der Waals surface area contributed by atoms with Crippen molar-refractivity contribution in [2.75, 3.05) is 31.6 Å². The van der Waals surface area contributed by atoms with Crippen molar-refractivity contribution in [3.63, 3.8) is 0 Å². The second-order valence-electron chi connectivity index (χ2n) is 12.2. The van der Waals surface area contributed by atoms with Crippen molar-refractivity contribution >= 4 is 39.4 Å². The van der Waals surface area contributed by atoms with E-state index in [0.717, 1.165) is 41.0 Å². The predicted octanol–water partition coefficient (Wildman–Crippen LogP) is 8.40.